The minimum Gasteiger partial charge on any atom is -0.452 e. The van der Waals surface area contributed by atoms with Crippen molar-refractivity contribution in [3.05, 3.63) is 194 Å². The maximum atomic E-state index is 6.84. The molecule has 13 aromatic rings. The van der Waals surface area contributed by atoms with Crippen LogP contribution in [0.4, 0.5) is 0 Å². The van der Waals surface area contributed by atoms with Crippen molar-refractivity contribution in [2.45, 2.75) is 0 Å². The van der Waals surface area contributed by atoms with Gasteiger partial charge in [0.25, 0.3) is 0 Å². The first-order chi connectivity index (χ1) is 29.2. The Labute approximate surface area is 337 Å². The zero-order valence-electron chi connectivity index (χ0n) is 31.7. The Morgan fingerprint density at radius 3 is 1.90 bits per heavy atom. The van der Waals surface area contributed by atoms with E-state index in [-0.39, 0.29) is 0 Å². The second-order valence-corrected chi connectivity index (χ2v) is 15.4. The molecular formula is C54H32N4O. The quantitative estimate of drug-likeness (QED) is 0.180. The number of nitrogens with zero attached hydrogens (tertiary/aromatic N) is 4. The predicted octanol–water partition coefficient (Wildman–Crippen LogP) is 14.2. The van der Waals surface area contributed by atoms with Crippen LogP contribution in [0.25, 0.3) is 121 Å². The highest BCUT2D eigenvalue weighted by atomic mass is 16.3. The van der Waals surface area contributed by atoms with Crippen LogP contribution in [0.15, 0.2) is 199 Å². The third-order valence-electron chi connectivity index (χ3n) is 12.1. The molecule has 0 fully saturated rings. The van der Waals surface area contributed by atoms with Gasteiger partial charge in [0.05, 0.1) is 22.1 Å². The van der Waals surface area contributed by atoms with Gasteiger partial charge >= 0.3 is 0 Å². The number of benzene rings is 9. The van der Waals surface area contributed by atoms with Gasteiger partial charge in [0.2, 0.25) is 5.95 Å². The number of furan rings is 1. The SMILES string of the molecule is c1ccc(-c2ccc3oc4c(-c5ccc6c7ccccc7n(-c7ccccc7)c6c5)nc(-n5c6cc7ccccc7cc6c6c7ccccc7ccc65)nc4c3c2)cc1. The number of hydrogen-bond donors (Lipinski definition) is 0. The molecule has 0 unspecified atom stereocenters. The summed E-state index contributed by atoms with van der Waals surface area (Å²) >= 11 is 0. The minimum absolute atomic E-state index is 0.592. The van der Waals surface area contributed by atoms with Crippen LogP contribution < -0.4 is 0 Å². The molecule has 0 amide bonds. The van der Waals surface area contributed by atoms with Gasteiger partial charge in [-0.2, -0.15) is 0 Å². The number of hydrogen-bond acceptors (Lipinski definition) is 3. The van der Waals surface area contributed by atoms with E-state index in [9.17, 15) is 0 Å². The van der Waals surface area contributed by atoms with Crippen molar-refractivity contribution in [2.24, 2.45) is 0 Å². The first-order valence-electron chi connectivity index (χ1n) is 20.0. The second kappa shape index (κ2) is 12.2. The van der Waals surface area contributed by atoms with Crippen molar-refractivity contribution in [2.75, 3.05) is 0 Å². The van der Waals surface area contributed by atoms with Crippen molar-refractivity contribution < 1.29 is 4.42 Å². The average Bonchev–Trinajstić information content (AvgIpc) is 3.95. The highest BCUT2D eigenvalue weighted by Crippen LogP contribution is 2.42. The predicted molar refractivity (Wildman–Crippen MR) is 244 cm³/mol. The maximum absolute atomic E-state index is 6.84. The van der Waals surface area contributed by atoms with Gasteiger partial charge in [0, 0.05) is 38.2 Å². The summed E-state index contributed by atoms with van der Waals surface area (Å²) in [5.74, 6) is 0.592. The molecule has 0 bridgehead atoms. The van der Waals surface area contributed by atoms with E-state index in [1.807, 2.05) is 6.07 Å². The molecule has 4 aromatic heterocycles. The van der Waals surface area contributed by atoms with Crippen molar-refractivity contribution >= 4 is 87.2 Å². The van der Waals surface area contributed by atoms with E-state index in [1.54, 1.807) is 0 Å². The molecule has 0 aliphatic carbocycles. The van der Waals surface area contributed by atoms with Crippen LogP contribution in [0.3, 0.4) is 0 Å². The highest BCUT2D eigenvalue weighted by molar-refractivity contribution is 6.23. The summed E-state index contributed by atoms with van der Waals surface area (Å²) in [7, 11) is 0. The van der Waals surface area contributed by atoms with Crippen molar-refractivity contribution in [1.29, 1.82) is 0 Å². The van der Waals surface area contributed by atoms with E-state index < -0.39 is 0 Å². The minimum atomic E-state index is 0.592. The first-order valence-corrected chi connectivity index (χ1v) is 20.0. The van der Waals surface area contributed by atoms with Gasteiger partial charge in [-0.05, 0) is 87.3 Å². The summed E-state index contributed by atoms with van der Waals surface area (Å²) in [6, 6.07) is 69.0. The molecule has 0 radical (unpaired) electrons. The third-order valence-corrected chi connectivity index (χ3v) is 12.1. The topological polar surface area (TPSA) is 48.8 Å². The second-order valence-electron chi connectivity index (χ2n) is 15.4. The Morgan fingerprint density at radius 1 is 0.373 bits per heavy atom. The zero-order valence-corrected chi connectivity index (χ0v) is 31.7. The lowest BCUT2D eigenvalue weighted by Crippen LogP contribution is -2.03. The summed E-state index contributed by atoms with van der Waals surface area (Å²) in [5.41, 5.74) is 11.6. The number of aromatic nitrogens is 4. The van der Waals surface area contributed by atoms with E-state index >= 15 is 0 Å². The van der Waals surface area contributed by atoms with Crippen LogP contribution in [0.2, 0.25) is 0 Å². The molecule has 0 N–H and O–H groups in total. The van der Waals surface area contributed by atoms with Gasteiger partial charge in [-0.1, -0.05) is 140 Å². The molecule has 0 aliphatic heterocycles. The van der Waals surface area contributed by atoms with Crippen LogP contribution in [0, 0.1) is 0 Å². The Hall–Kier alpha value is -8.02. The lowest BCUT2D eigenvalue weighted by atomic mass is 10.0. The molecular weight excluding hydrogens is 721 g/mol. The summed E-state index contributed by atoms with van der Waals surface area (Å²) in [4.78, 5) is 11.1. The molecule has 0 saturated heterocycles. The smallest absolute Gasteiger partial charge is 0.236 e. The van der Waals surface area contributed by atoms with Crippen LogP contribution >= 0.6 is 0 Å². The summed E-state index contributed by atoms with van der Waals surface area (Å²) in [6.45, 7) is 0. The number of rotatable bonds is 4. The lowest BCUT2D eigenvalue weighted by molar-refractivity contribution is 0.666. The van der Waals surface area contributed by atoms with Gasteiger partial charge in [-0.3, -0.25) is 4.57 Å². The average molecular weight is 753 g/mol. The van der Waals surface area contributed by atoms with Crippen LogP contribution in [0.1, 0.15) is 0 Å². The molecule has 0 spiro atoms. The standard InChI is InChI=1S/C54H32N4O/c1-3-13-33(14-4-1)37-25-28-49-44(30-37)52-53(59-49)51(38-23-26-42-41-21-11-12-22-45(41)57(47(42)32-38)39-18-5-2-6-19-39)55-54(56-52)58-46-27-24-34-15-9-10-20-40(34)50(46)43-29-35-16-7-8-17-36(35)31-48(43)58/h1-32H. The molecule has 5 nitrogen and oxygen atoms in total. The van der Waals surface area contributed by atoms with E-state index in [0.29, 0.717) is 11.5 Å². The Kier molecular flexibility index (Phi) is 6.66. The highest BCUT2D eigenvalue weighted by Gasteiger charge is 2.24. The molecule has 0 atom stereocenters. The van der Waals surface area contributed by atoms with Crippen LogP contribution in [-0.2, 0) is 0 Å². The third kappa shape index (κ3) is 4.73. The van der Waals surface area contributed by atoms with Gasteiger partial charge in [-0.25, -0.2) is 9.97 Å². The number of para-hydroxylation sites is 2. The Balaban J connectivity index is 1.16. The molecule has 4 heterocycles. The first kappa shape index (κ1) is 32.1. The molecule has 59 heavy (non-hydrogen) atoms. The fourth-order valence-electron chi connectivity index (χ4n) is 9.40. The van der Waals surface area contributed by atoms with Crippen molar-refractivity contribution in [3.63, 3.8) is 0 Å². The lowest BCUT2D eigenvalue weighted by Gasteiger charge is -2.11. The fourth-order valence-corrected chi connectivity index (χ4v) is 9.40. The largest absolute Gasteiger partial charge is 0.452 e. The normalized spacial score (nSPS) is 12.1. The van der Waals surface area contributed by atoms with Gasteiger partial charge < -0.3 is 8.98 Å². The summed E-state index contributed by atoms with van der Waals surface area (Å²) in [5, 5.41) is 10.4. The van der Waals surface area contributed by atoms with Gasteiger partial charge in [-0.15, -0.1) is 0 Å². The van der Waals surface area contributed by atoms with Gasteiger partial charge in [0.15, 0.2) is 5.58 Å². The Bertz CT molecular complexity index is 3840. The van der Waals surface area contributed by atoms with E-state index in [1.165, 1.54) is 32.3 Å². The van der Waals surface area contributed by atoms with Crippen molar-refractivity contribution in [3.8, 4) is 34.0 Å². The van der Waals surface area contributed by atoms with Gasteiger partial charge in [0.1, 0.15) is 16.8 Å². The molecule has 0 aliphatic rings. The molecule has 9 aromatic carbocycles. The summed E-state index contributed by atoms with van der Waals surface area (Å²) < 4.78 is 11.4. The van der Waals surface area contributed by atoms with Crippen LogP contribution in [0.5, 0.6) is 0 Å². The van der Waals surface area contributed by atoms with E-state index in [4.69, 9.17) is 14.4 Å². The maximum Gasteiger partial charge on any atom is 0.236 e. The molecule has 0 saturated carbocycles. The zero-order chi connectivity index (χ0) is 38.6. The summed E-state index contributed by atoms with van der Waals surface area (Å²) in [6.07, 6.45) is 0. The van der Waals surface area contributed by atoms with E-state index in [2.05, 4.69) is 197 Å². The monoisotopic (exact) mass is 752 g/mol. The fraction of sp³-hybridized carbons (Fsp3) is 0. The molecule has 274 valence electrons. The number of fused-ring (bicyclic) bond motifs is 12. The molecule has 5 heteroatoms. The molecule has 13 rings (SSSR count). The van der Waals surface area contributed by atoms with Crippen LogP contribution in [-0.4, -0.2) is 19.1 Å². The van der Waals surface area contributed by atoms with E-state index in [0.717, 1.165) is 77.4 Å². The Morgan fingerprint density at radius 2 is 1.05 bits per heavy atom. The van der Waals surface area contributed by atoms with Crippen molar-refractivity contribution in [1.82, 2.24) is 19.1 Å².